The molecule has 1 aliphatic heterocycles. The standard InChI is InChI=1S/C35H40Cl2F2N4O4/c1-34(2,16-19-42-32(46)23-8-4-3-5-9-23)20-28-35(22-40,15-7-10-24(36)13-17-38)29(26-11-6-12-27(37)30(26)39)31(43-28)33(47)41-18-14-25(45)21-44/h3-13,15,17,25,28-29,31,43-45H,14,16,18-21H2,1-2H3,(H,41,47)(H,42,46)/b15-7+,17-13+,24-10+/t25-,28-,29-,31+,35+/m0/s1. The molecule has 5 N–H and O–H groups in total. The molecule has 0 radical (unpaired) electrons. The molecule has 0 bridgehead atoms. The van der Waals surface area contributed by atoms with Gasteiger partial charge in [0.1, 0.15) is 5.82 Å². The molecular weight excluding hydrogens is 649 g/mol. The molecule has 0 saturated carbocycles. The Morgan fingerprint density at radius 3 is 2.55 bits per heavy atom. The number of hydrogen-bond acceptors (Lipinski definition) is 6. The maximum atomic E-state index is 15.8. The number of halogens is 4. The lowest BCUT2D eigenvalue weighted by Gasteiger charge is -2.36. The van der Waals surface area contributed by atoms with Crippen LogP contribution in [0.5, 0.6) is 0 Å². The van der Waals surface area contributed by atoms with E-state index in [1.54, 1.807) is 30.3 Å². The summed E-state index contributed by atoms with van der Waals surface area (Å²) in [6, 6.07) is 13.7. The number of hydrogen-bond donors (Lipinski definition) is 5. The minimum absolute atomic E-state index is 0.0179. The molecule has 5 atom stereocenters. The predicted molar refractivity (Wildman–Crippen MR) is 179 cm³/mol. The summed E-state index contributed by atoms with van der Waals surface area (Å²) < 4.78 is 28.5. The number of nitriles is 1. The average Bonchev–Trinajstić information content (AvgIpc) is 3.35. The Balaban J connectivity index is 2.02. The number of nitrogens with zero attached hydrogens (tertiary/aromatic N) is 1. The highest BCUT2D eigenvalue weighted by Gasteiger charge is 2.58. The van der Waals surface area contributed by atoms with Crippen LogP contribution < -0.4 is 16.0 Å². The molecule has 0 aliphatic carbocycles. The summed E-state index contributed by atoms with van der Waals surface area (Å²) in [4.78, 5) is 26.3. The normalized spacial score (nSPS) is 22.4. The van der Waals surface area contributed by atoms with Crippen LogP contribution in [-0.2, 0) is 4.79 Å². The Morgan fingerprint density at radius 1 is 1.17 bits per heavy atom. The molecule has 2 aromatic carbocycles. The van der Waals surface area contributed by atoms with Gasteiger partial charge in [-0.25, -0.2) is 8.78 Å². The zero-order valence-electron chi connectivity index (χ0n) is 26.2. The Morgan fingerprint density at radius 2 is 1.89 bits per heavy atom. The number of allylic oxidation sites excluding steroid dienone is 4. The van der Waals surface area contributed by atoms with E-state index in [-0.39, 0.29) is 40.8 Å². The molecule has 12 heteroatoms. The number of amides is 2. The van der Waals surface area contributed by atoms with Crippen molar-refractivity contribution in [3.05, 3.63) is 106 Å². The van der Waals surface area contributed by atoms with Crippen LogP contribution in [-0.4, -0.2) is 59.9 Å². The van der Waals surface area contributed by atoms with Crippen LogP contribution in [0.4, 0.5) is 8.78 Å². The summed E-state index contributed by atoms with van der Waals surface area (Å²) in [5, 5.41) is 38.7. The van der Waals surface area contributed by atoms with E-state index in [4.69, 9.17) is 23.2 Å². The Labute approximate surface area is 284 Å². The van der Waals surface area contributed by atoms with Crippen LogP contribution >= 0.6 is 23.2 Å². The number of carbonyl (C=O) groups excluding carboxylic acids is 2. The first-order valence-electron chi connectivity index (χ1n) is 15.2. The van der Waals surface area contributed by atoms with Gasteiger partial charge in [-0.1, -0.05) is 79.5 Å². The largest absolute Gasteiger partial charge is 0.394 e. The summed E-state index contributed by atoms with van der Waals surface area (Å²) in [7, 11) is 0. The van der Waals surface area contributed by atoms with Gasteiger partial charge in [0.05, 0.1) is 41.6 Å². The maximum absolute atomic E-state index is 15.8. The fourth-order valence-electron chi connectivity index (χ4n) is 5.84. The number of nitrogens with one attached hydrogen (secondary N) is 3. The first-order valence-corrected chi connectivity index (χ1v) is 16.0. The van der Waals surface area contributed by atoms with Gasteiger partial charge in [-0.3, -0.25) is 9.59 Å². The molecule has 1 saturated heterocycles. The van der Waals surface area contributed by atoms with Crippen molar-refractivity contribution in [1.29, 1.82) is 5.26 Å². The molecule has 0 unspecified atom stereocenters. The lowest BCUT2D eigenvalue weighted by atomic mass is 9.65. The molecule has 47 heavy (non-hydrogen) atoms. The van der Waals surface area contributed by atoms with Gasteiger partial charge in [-0.15, -0.1) is 0 Å². The smallest absolute Gasteiger partial charge is 0.251 e. The van der Waals surface area contributed by atoms with Crippen molar-refractivity contribution in [2.75, 3.05) is 19.7 Å². The lowest BCUT2D eigenvalue weighted by molar-refractivity contribution is -0.123. The van der Waals surface area contributed by atoms with Gasteiger partial charge in [0, 0.05) is 35.6 Å². The first kappa shape index (κ1) is 37.9. The molecule has 1 heterocycles. The van der Waals surface area contributed by atoms with Crippen LogP contribution in [0.25, 0.3) is 0 Å². The molecule has 1 fully saturated rings. The molecule has 252 valence electrons. The van der Waals surface area contributed by atoms with Gasteiger partial charge in [0.25, 0.3) is 5.91 Å². The highest BCUT2D eigenvalue weighted by atomic mass is 35.5. The van der Waals surface area contributed by atoms with Crippen molar-refractivity contribution in [2.24, 2.45) is 10.8 Å². The number of benzene rings is 2. The molecule has 2 aromatic rings. The molecule has 0 spiro atoms. The van der Waals surface area contributed by atoms with Crippen molar-refractivity contribution >= 4 is 35.0 Å². The molecule has 2 amide bonds. The summed E-state index contributed by atoms with van der Waals surface area (Å²) >= 11 is 12.3. The fraction of sp³-hybridized carbons (Fsp3) is 0.400. The third-order valence-electron chi connectivity index (χ3n) is 8.32. The van der Waals surface area contributed by atoms with E-state index in [0.717, 1.165) is 6.08 Å². The van der Waals surface area contributed by atoms with Gasteiger partial charge in [0.2, 0.25) is 5.91 Å². The zero-order valence-corrected chi connectivity index (χ0v) is 27.7. The van der Waals surface area contributed by atoms with Gasteiger partial charge in [0.15, 0.2) is 0 Å². The minimum atomic E-state index is -1.55. The van der Waals surface area contributed by atoms with E-state index in [1.807, 2.05) is 19.9 Å². The van der Waals surface area contributed by atoms with E-state index in [2.05, 4.69) is 22.0 Å². The summed E-state index contributed by atoms with van der Waals surface area (Å²) in [5.74, 6) is -2.63. The van der Waals surface area contributed by atoms with Gasteiger partial charge in [-0.2, -0.15) is 5.26 Å². The summed E-state index contributed by atoms with van der Waals surface area (Å²) in [6.45, 7) is 3.81. The second-order valence-corrected chi connectivity index (χ2v) is 13.1. The first-order chi connectivity index (χ1) is 22.4. The molecule has 0 aromatic heterocycles. The Bertz CT molecular complexity index is 1510. The van der Waals surface area contributed by atoms with E-state index < -0.39 is 53.3 Å². The number of carbonyl (C=O) groups is 2. The van der Waals surface area contributed by atoms with E-state index >= 15 is 4.39 Å². The molecule has 8 nitrogen and oxygen atoms in total. The van der Waals surface area contributed by atoms with Crippen LogP contribution in [0.2, 0.25) is 5.02 Å². The van der Waals surface area contributed by atoms with Crippen LogP contribution in [0.3, 0.4) is 0 Å². The average molecular weight is 690 g/mol. The van der Waals surface area contributed by atoms with Gasteiger partial charge in [-0.05, 0) is 60.6 Å². The van der Waals surface area contributed by atoms with E-state index in [0.29, 0.717) is 24.9 Å². The monoisotopic (exact) mass is 688 g/mol. The second kappa shape index (κ2) is 17.5. The second-order valence-electron chi connectivity index (χ2n) is 12.2. The molecular formula is C35H40Cl2F2N4O4. The topological polar surface area (TPSA) is 134 Å². The predicted octanol–water partition coefficient (Wildman–Crippen LogP) is 5.67. The fourth-order valence-corrected chi connectivity index (χ4v) is 6.14. The third-order valence-corrected chi connectivity index (χ3v) is 8.86. The van der Waals surface area contributed by atoms with Crippen molar-refractivity contribution in [3.8, 4) is 6.07 Å². The quantitative estimate of drug-likeness (QED) is 0.153. The third kappa shape index (κ3) is 9.95. The van der Waals surface area contributed by atoms with Crippen LogP contribution in [0, 0.1) is 28.0 Å². The van der Waals surface area contributed by atoms with Gasteiger partial charge >= 0.3 is 0 Å². The highest BCUT2D eigenvalue weighted by Crippen LogP contribution is 2.51. The summed E-state index contributed by atoms with van der Waals surface area (Å²) in [5.41, 5.74) is -1.48. The van der Waals surface area contributed by atoms with E-state index in [9.17, 15) is 29.5 Å². The number of rotatable bonds is 15. The zero-order chi connectivity index (χ0) is 34.6. The van der Waals surface area contributed by atoms with E-state index in [1.165, 1.54) is 30.4 Å². The van der Waals surface area contributed by atoms with Crippen molar-refractivity contribution in [1.82, 2.24) is 16.0 Å². The van der Waals surface area contributed by atoms with Gasteiger partial charge < -0.3 is 26.2 Å². The number of aliphatic hydroxyl groups is 2. The number of aliphatic hydroxyl groups excluding tert-OH is 2. The Hall–Kier alpha value is -3.59. The summed E-state index contributed by atoms with van der Waals surface area (Å²) in [6.07, 6.45) is 5.55. The van der Waals surface area contributed by atoms with Crippen LogP contribution in [0.1, 0.15) is 54.9 Å². The molecule has 3 rings (SSSR count). The Kier molecular flexibility index (Phi) is 14.1. The SMILES string of the molecule is CC(C)(CCNC(=O)c1ccccc1)C[C@@H]1N[C@@H](C(=O)NCC[C@H](O)CO)[C@H](c2cccc(Cl)c2F)[C@@]1(C#N)/C=C/C=C(Cl)\C=C\F. The van der Waals surface area contributed by atoms with Crippen molar-refractivity contribution < 1.29 is 28.6 Å². The minimum Gasteiger partial charge on any atom is -0.394 e. The highest BCUT2D eigenvalue weighted by molar-refractivity contribution is 6.31. The maximum Gasteiger partial charge on any atom is 0.251 e. The van der Waals surface area contributed by atoms with Crippen molar-refractivity contribution in [3.63, 3.8) is 0 Å². The van der Waals surface area contributed by atoms with Crippen molar-refractivity contribution in [2.45, 2.75) is 57.2 Å². The van der Waals surface area contributed by atoms with Crippen LogP contribution in [0.15, 0.2) is 84.2 Å². The lowest BCUT2D eigenvalue weighted by Crippen LogP contribution is -2.46. The molecule has 1 aliphatic rings.